The lowest BCUT2D eigenvalue weighted by atomic mass is 9.59. The normalized spacial score (nSPS) is 27.7. The van der Waals surface area contributed by atoms with Gasteiger partial charge in [-0.2, -0.15) is 0 Å². The number of benzene rings is 4. The topological polar surface area (TPSA) is 93.8 Å². The first kappa shape index (κ1) is 38.1. The van der Waals surface area contributed by atoms with Crippen LogP contribution < -0.4 is 15.2 Å². The molecule has 0 aromatic heterocycles. The molecule has 8 nitrogen and oxygen atoms in total. The molecule has 0 bridgehead atoms. The second-order valence-electron chi connectivity index (χ2n) is 16.7. The first-order valence-corrected chi connectivity index (χ1v) is 21.1. The molecule has 57 heavy (non-hydrogen) atoms. The molecular formula is C49H56N2O6. The van der Waals surface area contributed by atoms with Crippen LogP contribution in [0, 0.1) is 11.8 Å². The fraction of sp³-hybridized carbons (Fsp3) is 0.449. The van der Waals surface area contributed by atoms with Gasteiger partial charge >= 0.3 is 0 Å². The Hall–Kier alpha value is -4.47. The third-order valence-corrected chi connectivity index (χ3v) is 13.9. The molecule has 8 heteroatoms. The number of rotatable bonds is 5. The summed E-state index contributed by atoms with van der Waals surface area (Å²) in [5.41, 5.74) is 13.3. The van der Waals surface area contributed by atoms with Crippen molar-refractivity contribution in [2.24, 2.45) is 16.8 Å². The van der Waals surface area contributed by atoms with Crippen LogP contribution in [0.15, 0.2) is 115 Å². The maximum absolute atomic E-state index is 6.35. The zero-order valence-electron chi connectivity index (χ0n) is 33.3. The molecule has 4 aromatic carbocycles. The molecule has 0 radical (unpaired) electrons. The highest BCUT2D eigenvalue weighted by Crippen LogP contribution is 2.57. The molecule has 0 unspecified atom stereocenters. The Balaban J connectivity index is 0.000000165. The Morgan fingerprint density at radius 2 is 1.23 bits per heavy atom. The van der Waals surface area contributed by atoms with Crippen molar-refractivity contribution in [3.63, 3.8) is 0 Å². The lowest BCUT2D eigenvalue weighted by Crippen LogP contribution is -2.48. The van der Waals surface area contributed by atoms with Crippen LogP contribution in [-0.4, -0.2) is 56.9 Å². The van der Waals surface area contributed by atoms with E-state index in [4.69, 9.17) is 39.1 Å². The third-order valence-electron chi connectivity index (χ3n) is 13.9. The summed E-state index contributed by atoms with van der Waals surface area (Å²) in [7, 11) is 0. The van der Waals surface area contributed by atoms with Gasteiger partial charge in [-0.15, -0.1) is 6.58 Å². The summed E-state index contributed by atoms with van der Waals surface area (Å²) < 4.78 is 36.5. The predicted octanol–water partition coefficient (Wildman–Crippen LogP) is 9.85. The maximum atomic E-state index is 6.35. The van der Waals surface area contributed by atoms with Crippen LogP contribution in [0.2, 0.25) is 0 Å². The summed E-state index contributed by atoms with van der Waals surface area (Å²) in [4.78, 5) is 5.12. The molecule has 4 aliphatic heterocycles. The fourth-order valence-electron chi connectivity index (χ4n) is 10.9. The molecule has 2 saturated carbocycles. The van der Waals surface area contributed by atoms with E-state index in [1.165, 1.54) is 11.1 Å². The SMILES string of the molecule is C=C[C@@]12CCC3(C[C@@H]1CCOc1cc(N=C(c4ccccc4)c4ccccc4)ccc12)OCCO3.CC[C@@]12CCC3(C[C@@H]1CCOc1cc(N)ccc12)OCCO3. The van der Waals surface area contributed by atoms with E-state index in [1.54, 1.807) is 0 Å². The number of nitrogens with two attached hydrogens (primary N) is 1. The highest BCUT2D eigenvalue weighted by Gasteiger charge is 2.54. The Morgan fingerprint density at radius 1 is 0.667 bits per heavy atom. The molecule has 4 aromatic rings. The molecule has 4 fully saturated rings. The van der Waals surface area contributed by atoms with E-state index in [0.717, 1.165) is 117 Å². The van der Waals surface area contributed by atoms with Crippen molar-refractivity contribution in [3.05, 3.63) is 132 Å². The summed E-state index contributed by atoms with van der Waals surface area (Å²) in [6.45, 7) is 10.9. The molecule has 2 N–H and O–H groups in total. The second kappa shape index (κ2) is 15.7. The van der Waals surface area contributed by atoms with Gasteiger partial charge in [0.25, 0.3) is 0 Å². The van der Waals surface area contributed by atoms with Crippen LogP contribution in [0.5, 0.6) is 11.5 Å². The number of nitrogens with zero attached hydrogens (tertiary/aromatic N) is 1. The number of fused-ring (bicyclic) bond motifs is 6. The van der Waals surface area contributed by atoms with E-state index >= 15 is 0 Å². The molecule has 10 rings (SSSR count). The van der Waals surface area contributed by atoms with Crippen molar-refractivity contribution in [2.75, 3.05) is 45.4 Å². The molecule has 2 saturated heterocycles. The van der Waals surface area contributed by atoms with Gasteiger partial charge in [-0.05, 0) is 56.1 Å². The van der Waals surface area contributed by atoms with E-state index in [-0.39, 0.29) is 16.6 Å². The van der Waals surface area contributed by atoms with Crippen LogP contribution in [0.25, 0.3) is 0 Å². The van der Waals surface area contributed by atoms with Gasteiger partial charge in [0, 0.05) is 76.6 Å². The second-order valence-corrected chi connectivity index (χ2v) is 16.7. The van der Waals surface area contributed by atoms with E-state index < -0.39 is 5.79 Å². The zero-order valence-corrected chi connectivity index (χ0v) is 33.3. The lowest BCUT2D eigenvalue weighted by molar-refractivity contribution is -0.199. The van der Waals surface area contributed by atoms with Crippen LogP contribution in [0.1, 0.15) is 87.0 Å². The minimum atomic E-state index is -0.424. The number of anilines is 1. The summed E-state index contributed by atoms with van der Waals surface area (Å²) in [6, 6.07) is 33.3. The standard InChI is InChI=1S/C31H31NO3.C18H25NO3/c1-2-30-16-17-31(34-19-20-35-31)22-25(30)15-18-33-28-21-26(13-14-27(28)30)32-29(23-9-5-3-6-10-23)24-11-7-4-8-12-24;1-2-17-6-7-18(21-9-10-22-18)12-13(17)5-8-20-16-11-14(19)3-4-15(16)17/h2-14,21,25H,1,15-20,22H2;3-4,11,13H,2,5-10,12,19H2,1H3/t25-,30+;13-,17+/m00/s1. The van der Waals surface area contributed by atoms with Gasteiger partial charge in [0.2, 0.25) is 0 Å². The molecule has 4 heterocycles. The lowest BCUT2D eigenvalue weighted by Gasteiger charge is -2.49. The molecule has 0 amide bonds. The fourth-order valence-corrected chi connectivity index (χ4v) is 10.9. The average Bonchev–Trinajstić information content (AvgIpc) is 3.84. The number of aliphatic imine (C=N–C) groups is 1. The Morgan fingerprint density at radius 3 is 1.84 bits per heavy atom. The summed E-state index contributed by atoms with van der Waals surface area (Å²) in [6.07, 6.45) is 11.0. The Bertz CT molecular complexity index is 2030. The van der Waals surface area contributed by atoms with Gasteiger partial charge in [0.15, 0.2) is 11.6 Å². The smallest absolute Gasteiger partial charge is 0.168 e. The number of hydrogen-bond donors (Lipinski definition) is 1. The van der Waals surface area contributed by atoms with Gasteiger partial charge in [-0.3, -0.25) is 0 Å². The van der Waals surface area contributed by atoms with E-state index in [2.05, 4.69) is 92.4 Å². The van der Waals surface area contributed by atoms with Crippen LogP contribution in [0.4, 0.5) is 11.4 Å². The number of ether oxygens (including phenoxy) is 6. The molecule has 2 aliphatic carbocycles. The van der Waals surface area contributed by atoms with Crippen molar-refractivity contribution in [2.45, 2.75) is 87.1 Å². The van der Waals surface area contributed by atoms with Gasteiger partial charge in [-0.1, -0.05) is 85.8 Å². The van der Waals surface area contributed by atoms with Crippen molar-refractivity contribution in [1.29, 1.82) is 0 Å². The Kier molecular flexibility index (Phi) is 10.5. The molecular weight excluding hydrogens is 713 g/mol. The monoisotopic (exact) mass is 768 g/mol. The van der Waals surface area contributed by atoms with E-state index in [0.29, 0.717) is 31.7 Å². The molecule has 298 valence electrons. The number of hydrogen-bond acceptors (Lipinski definition) is 8. The first-order valence-electron chi connectivity index (χ1n) is 21.1. The minimum absolute atomic E-state index is 0.143. The minimum Gasteiger partial charge on any atom is -0.493 e. The molecule has 6 aliphatic rings. The van der Waals surface area contributed by atoms with Crippen molar-refractivity contribution < 1.29 is 28.4 Å². The quantitative estimate of drug-likeness (QED) is 0.123. The van der Waals surface area contributed by atoms with Crippen LogP contribution in [0.3, 0.4) is 0 Å². The average molecular weight is 769 g/mol. The van der Waals surface area contributed by atoms with E-state index in [9.17, 15) is 0 Å². The summed E-state index contributed by atoms with van der Waals surface area (Å²) in [5.74, 6) is 2.04. The van der Waals surface area contributed by atoms with Gasteiger partial charge < -0.3 is 34.2 Å². The first-order chi connectivity index (χ1) is 27.9. The van der Waals surface area contributed by atoms with Gasteiger partial charge in [0.1, 0.15) is 11.5 Å². The zero-order chi connectivity index (χ0) is 38.9. The third kappa shape index (κ3) is 7.09. The van der Waals surface area contributed by atoms with Gasteiger partial charge in [0.05, 0.1) is 51.0 Å². The summed E-state index contributed by atoms with van der Waals surface area (Å²) in [5, 5.41) is 0. The van der Waals surface area contributed by atoms with E-state index in [1.807, 2.05) is 24.3 Å². The number of allylic oxidation sites excluding steroid dienone is 1. The van der Waals surface area contributed by atoms with Gasteiger partial charge in [-0.25, -0.2) is 4.99 Å². The van der Waals surface area contributed by atoms with Crippen molar-refractivity contribution in [3.8, 4) is 11.5 Å². The highest BCUT2D eigenvalue weighted by molar-refractivity contribution is 6.14. The maximum Gasteiger partial charge on any atom is 0.168 e. The highest BCUT2D eigenvalue weighted by atomic mass is 16.7. The van der Waals surface area contributed by atoms with Crippen molar-refractivity contribution in [1.82, 2.24) is 0 Å². The number of nitrogen functional groups attached to an aromatic ring is 1. The summed E-state index contributed by atoms with van der Waals surface area (Å²) >= 11 is 0. The largest absolute Gasteiger partial charge is 0.493 e. The van der Waals surface area contributed by atoms with Crippen LogP contribution >= 0.6 is 0 Å². The molecule has 4 atom stereocenters. The van der Waals surface area contributed by atoms with Crippen molar-refractivity contribution >= 4 is 17.1 Å². The molecule has 2 spiro atoms. The van der Waals surface area contributed by atoms with Crippen LogP contribution in [-0.2, 0) is 29.8 Å². The Labute approximate surface area is 337 Å². The predicted molar refractivity (Wildman–Crippen MR) is 223 cm³/mol.